The third-order valence-electron chi connectivity index (χ3n) is 3.63. The van der Waals surface area contributed by atoms with Gasteiger partial charge >= 0.3 is 0 Å². The quantitative estimate of drug-likeness (QED) is 0.691. The summed E-state index contributed by atoms with van der Waals surface area (Å²) in [6.07, 6.45) is 3.98. The number of rotatable bonds is 2. The van der Waals surface area contributed by atoms with Crippen LogP contribution in [0.5, 0.6) is 0 Å². The van der Waals surface area contributed by atoms with Crippen LogP contribution in [0.25, 0.3) is 0 Å². The maximum atomic E-state index is 2.38. The van der Waals surface area contributed by atoms with Crippen LogP contribution in [0.3, 0.4) is 0 Å². The van der Waals surface area contributed by atoms with E-state index >= 15 is 0 Å². The monoisotopic (exact) mass is 189 g/mol. The second-order valence-corrected chi connectivity index (χ2v) is 4.65. The van der Waals surface area contributed by atoms with Gasteiger partial charge in [-0.3, -0.25) is 4.90 Å². The molecule has 0 unspecified atom stereocenters. The van der Waals surface area contributed by atoms with Crippen molar-refractivity contribution in [3.05, 3.63) is 35.4 Å². The van der Waals surface area contributed by atoms with Gasteiger partial charge < -0.3 is 0 Å². The van der Waals surface area contributed by atoms with Crippen molar-refractivity contribution in [3.8, 4) is 0 Å². The van der Waals surface area contributed by atoms with Crippen LogP contribution in [0.2, 0.25) is 0 Å². The zero-order valence-corrected chi connectivity index (χ0v) is 9.38. The minimum absolute atomic E-state index is 0.341. The Kier molecular flexibility index (Phi) is 2.36. The molecule has 0 radical (unpaired) electrons. The fraction of sp³-hybridized carbons (Fsp3) is 0.538. The van der Waals surface area contributed by atoms with Crippen molar-refractivity contribution < 1.29 is 0 Å². The van der Waals surface area contributed by atoms with Crippen molar-refractivity contribution in [2.45, 2.75) is 31.7 Å². The smallest absolute Gasteiger partial charge is 0.0454 e. The van der Waals surface area contributed by atoms with Gasteiger partial charge in [0.2, 0.25) is 0 Å². The molecule has 2 rings (SSSR count). The second-order valence-electron chi connectivity index (χ2n) is 4.65. The fourth-order valence-corrected chi connectivity index (χ4v) is 2.37. The molecule has 0 atom stereocenters. The summed E-state index contributed by atoms with van der Waals surface area (Å²) in [5.74, 6) is 0. The Morgan fingerprint density at radius 2 is 1.64 bits per heavy atom. The van der Waals surface area contributed by atoms with E-state index in [1.54, 1.807) is 0 Å². The van der Waals surface area contributed by atoms with Gasteiger partial charge in [0.05, 0.1) is 0 Å². The molecule has 1 nitrogen and oxygen atoms in total. The summed E-state index contributed by atoms with van der Waals surface area (Å²) in [5, 5.41) is 0. The lowest BCUT2D eigenvalue weighted by molar-refractivity contribution is 0.0577. The molecular weight excluding hydrogens is 170 g/mol. The molecule has 1 fully saturated rings. The second kappa shape index (κ2) is 3.39. The van der Waals surface area contributed by atoms with Crippen LogP contribution in [0, 0.1) is 6.92 Å². The molecule has 0 bridgehead atoms. The van der Waals surface area contributed by atoms with Gasteiger partial charge in [0.25, 0.3) is 0 Å². The normalized spacial score (nSPS) is 19.4. The molecule has 1 saturated carbocycles. The molecule has 1 aliphatic carbocycles. The molecule has 1 aliphatic rings. The average molecular weight is 189 g/mol. The van der Waals surface area contributed by atoms with Gasteiger partial charge in [0, 0.05) is 5.54 Å². The zero-order valence-electron chi connectivity index (χ0n) is 9.38. The largest absolute Gasteiger partial charge is 0.300 e. The van der Waals surface area contributed by atoms with Crippen LogP contribution in [0.1, 0.15) is 30.4 Å². The molecule has 1 heteroatoms. The van der Waals surface area contributed by atoms with Gasteiger partial charge in [-0.2, -0.15) is 0 Å². The third kappa shape index (κ3) is 1.36. The number of aryl methyl sites for hydroxylation is 1. The van der Waals surface area contributed by atoms with E-state index in [9.17, 15) is 0 Å². The van der Waals surface area contributed by atoms with E-state index in [0.29, 0.717) is 5.54 Å². The topological polar surface area (TPSA) is 3.24 Å². The zero-order chi connectivity index (χ0) is 10.2. The number of benzene rings is 1. The lowest BCUT2D eigenvalue weighted by Gasteiger charge is -2.48. The first-order valence-electron chi connectivity index (χ1n) is 5.40. The molecule has 0 heterocycles. The Hall–Kier alpha value is -0.820. The van der Waals surface area contributed by atoms with E-state index < -0.39 is 0 Å². The van der Waals surface area contributed by atoms with E-state index in [-0.39, 0.29) is 0 Å². The van der Waals surface area contributed by atoms with Crippen molar-refractivity contribution in [2.75, 3.05) is 14.1 Å². The summed E-state index contributed by atoms with van der Waals surface area (Å²) in [7, 11) is 4.39. The van der Waals surface area contributed by atoms with Gasteiger partial charge in [0.1, 0.15) is 0 Å². The molecule has 0 amide bonds. The third-order valence-corrected chi connectivity index (χ3v) is 3.63. The highest BCUT2D eigenvalue weighted by atomic mass is 15.2. The highest BCUT2D eigenvalue weighted by Gasteiger charge is 2.40. The standard InChI is InChI=1S/C13H19N/c1-11-5-7-12(8-6-11)13(14(2)3)9-4-10-13/h5-8H,4,9-10H2,1-3H3. The highest BCUT2D eigenvalue weighted by molar-refractivity contribution is 5.30. The van der Waals surface area contributed by atoms with E-state index in [0.717, 1.165) is 0 Å². The summed E-state index contributed by atoms with van der Waals surface area (Å²) >= 11 is 0. The average Bonchev–Trinajstić information content (AvgIpc) is 2.05. The first kappa shape index (κ1) is 9.72. The summed E-state index contributed by atoms with van der Waals surface area (Å²) in [5.41, 5.74) is 3.18. The van der Waals surface area contributed by atoms with E-state index in [1.807, 2.05) is 0 Å². The summed E-state index contributed by atoms with van der Waals surface area (Å²) < 4.78 is 0. The van der Waals surface area contributed by atoms with Crippen LogP contribution in [0.4, 0.5) is 0 Å². The van der Waals surface area contributed by atoms with Gasteiger partial charge in [-0.1, -0.05) is 29.8 Å². The van der Waals surface area contributed by atoms with Crippen LogP contribution in [0.15, 0.2) is 24.3 Å². The van der Waals surface area contributed by atoms with Gasteiger partial charge in [-0.25, -0.2) is 0 Å². The van der Waals surface area contributed by atoms with E-state index in [1.165, 1.54) is 30.4 Å². The van der Waals surface area contributed by atoms with Crippen molar-refractivity contribution >= 4 is 0 Å². The predicted molar refractivity (Wildman–Crippen MR) is 60.4 cm³/mol. The fourth-order valence-electron chi connectivity index (χ4n) is 2.37. The minimum Gasteiger partial charge on any atom is -0.300 e. The van der Waals surface area contributed by atoms with Crippen molar-refractivity contribution in [1.29, 1.82) is 0 Å². The number of hydrogen-bond donors (Lipinski definition) is 0. The van der Waals surface area contributed by atoms with Crippen LogP contribution in [-0.4, -0.2) is 19.0 Å². The molecule has 14 heavy (non-hydrogen) atoms. The molecule has 0 aliphatic heterocycles. The Bertz CT molecular complexity index is 307. The van der Waals surface area contributed by atoms with Crippen LogP contribution < -0.4 is 0 Å². The molecule has 1 aromatic rings. The number of hydrogen-bond acceptors (Lipinski definition) is 1. The van der Waals surface area contributed by atoms with Gasteiger partial charge in [0.15, 0.2) is 0 Å². The maximum absolute atomic E-state index is 2.38. The molecule has 1 aromatic carbocycles. The first-order valence-corrected chi connectivity index (χ1v) is 5.40. The molecule has 0 aromatic heterocycles. The summed E-state index contributed by atoms with van der Waals surface area (Å²) in [4.78, 5) is 2.38. The van der Waals surface area contributed by atoms with Crippen molar-refractivity contribution in [2.24, 2.45) is 0 Å². The molecule has 0 N–H and O–H groups in total. The SMILES string of the molecule is Cc1ccc(C2(N(C)C)CCC2)cc1. The van der Waals surface area contributed by atoms with Gasteiger partial charge in [-0.05, 0) is 45.8 Å². The molecule has 0 saturated heterocycles. The first-order chi connectivity index (χ1) is 6.65. The molecule has 76 valence electrons. The summed E-state index contributed by atoms with van der Waals surface area (Å²) in [6, 6.07) is 9.01. The Morgan fingerprint density at radius 1 is 1.07 bits per heavy atom. The lowest BCUT2D eigenvalue weighted by Crippen LogP contribution is -2.47. The van der Waals surface area contributed by atoms with Crippen molar-refractivity contribution in [1.82, 2.24) is 4.90 Å². The summed E-state index contributed by atoms with van der Waals surface area (Å²) in [6.45, 7) is 2.15. The van der Waals surface area contributed by atoms with E-state index in [4.69, 9.17) is 0 Å². The highest BCUT2D eigenvalue weighted by Crippen LogP contribution is 2.44. The predicted octanol–water partition coefficient (Wildman–Crippen LogP) is 2.94. The lowest BCUT2D eigenvalue weighted by atomic mass is 9.71. The Labute approximate surface area is 86.7 Å². The van der Waals surface area contributed by atoms with Crippen LogP contribution in [-0.2, 0) is 5.54 Å². The molecule has 0 spiro atoms. The van der Waals surface area contributed by atoms with Crippen LogP contribution >= 0.6 is 0 Å². The minimum atomic E-state index is 0.341. The Morgan fingerprint density at radius 3 is 2.00 bits per heavy atom. The van der Waals surface area contributed by atoms with E-state index in [2.05, 4.69) is 50.2 Å². The number of nitrogens with zero attached hydrogens (tertiary/aromatic N) is 1. The van der Waals surface area contributed by atoms with Gasteiger partial charge in [-0.15, -0.1) is 0 Å². The Balaban J connectivity index is 2.32. The maximum Gasteiger partial charge on any atom is 0.0454 e. The van der Waals surface area contributed by atoms with Crippen molar-refractivity contribution in [3.63, 3.8) is 0 Å². The molecular formula is C13H19N.